The van der Waals surface area contributed by atoms with Gasteiger partial charge in [0.25, 0.3) is 0 Å². The maximum atomic E-state index is 3.91. The Morgan fingerprint density at radius 1 is 1.78 bits per heavy atom. The van der Waals surface area contributed by atoms with Crippen molar-refractivity contribution in [2.45, 2.75) is 6.42 Å². The third-order valence-electron chi connectivity index (χ3n) is 1.38. The Morgan fingerprint density at radius 2 is 2.56 bits per heavy atom. The molecular weight excluding hydrogens is 128 g/mol. The Morgan fingerprint density at radius 3 is 3.00 bits per heavy atom. The first kappa shape index (κ1) is 6.69. The zero-order chi connectivity index (χ0) is 6.69. The van der Waals surface area contributed by atoms with Crippen LogP contribution in [-0.2, 0) is 0 Å². The van der Waals surface area contributed by atoms with Crippen molar-refractivity contribution >= 4 is 11.8 Å². The van der Waals surface area contributed by atoms with Gasteiger partial charge in [-0.2, -0.15) is 0 Å². The molecule has 0 radical (unpaired) electrons. The minimum atomic E-state index is 1.07. The largest absolute Gasteiger partial charge is 0.130 e. The van der Waals surface area contributed by atoms with Gasteiger partial charge in [-0.1, -0.05) is 24.8 Å². The minimum absolute atomic E-state index is 1.07. The Bertz CT molecular complexity index is 175. The van der Waals surface area contributed by atoms with E-state index in [0.29, 0.717) is 0 Å². The maximum absolute atomic E-state index is 3.91. The second-order valence-electron chi connectivity index (χ2n) is 1.95. The van der Waals surface area contributed by atoms with E-state index < -0.39 is 0 Å². The predicted molar refractivity (Wildman–Crippen MR) is 44.5 cm³/mol. The van der Waals surface area contributed by atoms with Gasteiger partial charge >= 0.3 is 0 Å². The Kier molecular flexibility index (Phi) is 2.17. The number of hydrogen-bond acceptors (Lipinski definition) is 1. The third-order valence-corrected chi connectivity index (χ3v) is 2.13. The molecule has 0 fully saturated rings. The van der Waals surface area contributed by atoms with Crippen molar-refractivity contribution in [2.75, 3.05) is 6.26 Å². The summed E-state index contributed by atoms with van der Waals surface area (Å²) >= 11 is 1.72. The smallest absolute Gasteiger partial charge is 0.00324 e. The van der Waals surface area contributed by atoms with Crippen LogP contribution in [0.3, 0.4) is 0 Å². The van der Waals surface area contributed by atoms with Gasteiger partial charge in [-0.3, -0.25) is 0 Å². The molecule has 9 heavy (non-hydrogen) atoms. The Hall–Kier alpha value is -0.430. The molecule has 1 heteroatoms. The maximum Gasteiger partial charge on any atom is 0.00324 e. The van der Waals surface area contributed by atoms with E-state index in [0.717, 1.165) is 6.42 Å². The van der Waals surface area contributed by atoms with Crippen LogP contribution >= 0.6 is 11.8 Å². The summed E-state index contributed by atoms with van der Waals surface area (Å²) in [5, 5.41) is 0. The average Bonchev–Trinajstić information content (AvgIpc) is 2.37. The third kappa shape index (κ3) is 1.49. The molecular formula is C8H10S. The Balaban J connectivity index is 2.55. The van der Waals surface area contributed by atoms with Crippen LogP contribution in [0.2, 0.25) is 0 Å². The molecule has 0 nitrogen and oxygen atoms in total. The summed E-state index contributed by atoms with van der Waals surface area (Å²) in [6.45, 7) is 3.91. The van der Waals surface area contributed by atoms with Crippen LogP contribution in [0.4, 0.5) is 0 Å². The second-order valence-corrected chi connectivity index (χ2v) is 2.85. The first-order valence-electron chi connectivity index (χ1n) is 2.93. The summed E-state index contributed by atoms with van der Waals surface area (Å²) in [6, 6.07) is 0. The van der Waals surface area contributed by atoms with Gasteiger partial charge in [-0.05, 0) is 18.2 Å². The lowest BCUT2D eigenvalue weighted by Crippen LogP contribution is -1.76. The van der Waals surface area contributed by atoms with E-state index in [4.69, 9.17) is 0 Å². The fourth-order valence-electron chi connectivity index (χ4n) is 0.785. The van der Waals surface area contributed by atoms with Crippen molar-refractivity contribution in [1.29, 1.82) is 0 Å². The summed E-state index contributed by atoms with van der Waals surface area (Å²) in [7, 11) is 0. The van der Waals surface area contributed by atoms with Gasteiger partial charge in [0.15, 0.2) is 0 Å². The molecule has 0 saturated carbocycles. The summed E-state index contributed by atoms with van der Waals surface area (Å²) in [5.74, 6) is 0. The SMILES string of the molecule is C=C(SC)C1=CC=CC1. The van der Waals surface area contributed by atoms with E-state index in [2.05, 4.69) is 31.1 Å². The summed E-state index contributed by atoms with van der Waals surface area (Å²) in [6.07, 6.45) is 9.48. The van der Waals surface area contributed by atoms with Gasteiger partial charge in [0.05, 0.1) is 0 Å². The summed E-state index contributed by atoms with van der Waals surface area (Å²) < 4.78 is 0. The van der Waals surface area contributed by atoms with E-state index in [-0.39, 0.29) is 0 Å². The van der Waals surface area contributed by atoms with Crippen molar-refractivity contribution in [3.05, 3.63) is 35.3 Å². The van der Waals surface area contributed by atoms with Crippen LogP contribution in [0, 0.1) is 0 Å². The van der Waals surface area contributed by atoms with Crippen molar-refractivity contribution in [3.63, 3.8) is 0 Å². The number of hydrogen-bond donors (Lipinski definition) is 0. The highest BCUT2D eigenvalue weighted by Gasteiger charge is 2.00. The van der Waals surface area contributed by atoms with Crippen molar-refractivity contribution in [2.24, 2.45) is 0 Å². The van der Waals surface area contributed by atoms with Crippen LogP contribution in [-0.4, -0.2) is 6.26 Å². The van der Waals surface area contributed by atoms with E-state index in [1.54, 1.807) is 11.8 Å². The molecule has 0 atom stereocenters. The molecule has 0 unspecified atom stereocenters. The van der Waals surface area contributed by atoms with E-state index in [1.807, 2.05) is 0 Å². The highest BCUT2D eigenvalue weighted by Crippen LogP contribution is 2.25. The molecule has 1 rings (SSSR count). The standard InChI is InChI=1S/C8H10S/c1-7(9-2)8-5-3-4-6-8/h3-5H,1,6H2,2H3. The normalized spacial score (nSPS) is 15.9. The fourth-order valence-corrected chi connectivity index (χ4v) is 1.20. The molecule has 0 heterocycles. The molecule has 0 aromatic carbocycles. The molecule has 0 amide bonds. The molecule has 0 aromatic rings. The van der Waals surface area contributed by atoms with Crippen molar-refractivity contribution in [3.8, 4) is 0 Å². The van der Waals surface area contributed by atoms with Crippen LogP contribution in [0.5, 0.6) is 0 Å². The van der Waals surface area contributed by atoms with Gasteiger partial charge in [0.2, 0.25) is 0 Å². The average molecular weight is 138 g/mol. The van der Waals surface area contributed by atoms with E-state index >= 15 is 0 Å². The molecule has 1 aliphatic rings. The van der Waals surface area contributed by atoms with Crippen LogP contribution in [0.1, 0.15) is 6.42 Å². The number of rotatable bonds is 2. The zero-order valence-electron chi connectivity index (χ0n) is 5.55. The minimum Gasteiger partial charge on any atom is -0.130 e. The summed E-state index contributed by atoms with van der Waals surface area (Å²) in [5.41, 5.74) is 1.36. The van der Waals surface area contributed by atoms with Crippen molar-refractivity contribution < 1.29 is 0 Å². The molecule has 0 N–H and O–H groups in total. The van der Waals surface area contributed by atoms with Gasteiger partial charge in [0, 0.05) is 4.91 Å². The molecule has 0 spiro atoms. The molecule has 1 aliphatic carbocycles. The predicted octanol–water partition coefficient (Wildman–Crippen LogP) is 2.75. The lowest BCUT2D eigenvalue weighted by molar-refractivity contribution is 1.33. The van der Waals surface area contributed by atoms with Gasteiger partial charge in [0.1, 0.15) is 0 Å². The first-order valence-corrected chi connectivity index (χ1v) is 4.16. The van der Waals surface area contributed by atoms with Gasteiger partial charge in [-0.25, -0.2) is 0 Å². The summed E-state index contributed by atoms with van der Waals surface area (Å²) in [4.78, 5) is 1.19. The quantitative estimate of drug-likeness (QED) is 0.565. The molecule has 0 saturated heterocycles. The van der Waals surface area contributed by atoms with Crippen molar-refractivity contribution in [1.82, 2.24) is 0 Å². The highest BCUT2D eigenvalue weighted by molar-refractivity contribution is 8.02. The zero-order valence-corrected chi connectivity index (χ0v) is 6.37. The number of thioether (sulfide) groups is 1. The Labute approximate surface area is 60.3 Å². The van der Waals surface area contributed by atoms with Crippen LogP contribution in [0.15, 0.2) is 35.3 Å². The molecule has 0 aromatic heterocycles. The molecule has 0 bridgehead atoms. The highest BCUT2D eigenvalue weighted by atomic mass is 32.2. The lowest BCUT2D eigenvalue weighted by atomic mass is 10.2. The van der Waals surface area contributed by atoms with Gasteiger partial charge in [-0.15, -0.1) is 11.8 Å². The monoisotopic (exact) mass is 138 g/mol. The van der Waals surface area contributed by atoms with Crippen LogP contribution < -0.4 is 0 Å². The van der Waals surface area contributed by atoms with E-state index in [9.17, 15) is 0 Å². The molecule has 0 aliphatic heterocycles. The second kappa shape index (κ2) is 2.92. The topological polar surface area (TPSA) is 0 Å². The fraction of sp³-hybridized carbons (Fsp3) is 0.250. The van der Waals surface area contributed by atoms with E-state index in [1.165, 1.54) is 10.5 Å². The lowest BCUT2D eigenvalue weighted by Gasteiger charge is -1.99. The van der Waals surface area contributed by atoms with Crippen LogP contribution in [0.25, 0.3) is 0 Å². The first-order chi connectivity index (χ1) is 4.34. The number of allylic oxidation sites excluding steroid dienone is 4. The molecule has 48 valence electrons. The van der Waals surface area contributed by atoms with Gasteiger partial charge < -0.3 is 0 Å².